The van der Waals surface area contributed by atoms with Gasteiger partial charge in [0.25, 0.3) is 5.91 Å². The van der Waals surface area contributed by atoms with Gasteiger partial charge >= 0.3 is 0 Å². The van der Waals surface area contributed by atoms with Crippen molar-refractivity contribution in [3.05, 3.63) is 65.7 Å². The van der Waals surface area contributed by atoms with Crippen LogP contribution in [-0.4, -0.2) is 55.6 Å². The van der Waals surface area contributed by atoms with Gasteiger partial charge in [0.05, 0.1) is 33.2 Å². The van der Waals surface area contributed by atoms with E-state index in [1.807, 2.05) is 54.6 Å². The molecule has 2 N–H and O–H groups in total. The topological polar surface area (TPSA) is 46.0 Å². The maximum atomic E-state index is 11.9. The SMILES string of the molecule is C[NH+]1CCN(C(=S)c2ccc(OCC(=O)NCc3ccccc3)cc2)CC1. The molecule has 2 aromatic carbocycles. The van der Waals surface area contributed by atoms with Crippen molar-refractivity contribution < 1.29 is 14.4 Å². The molecule has 0 aliphatic carbocycles. The van der Waals surface area contributed by atoms with Gasteiger partial charge in [0.1, 0.15) is 10.7 Å². The van der Waals surface area contributed by atoms with E-state index in [-0.39, 0.29) is 12.5 Å². The van der Waals surface area contributed by atoms with Crippen LogP contribution < -0.4 is 15.0 Å². The predicted molar refractivity (Wildman–Crippen MR) is 110 cm³/mol. The van der Waals surface area contributed by atoms with Crippen LogP contribution in [0.15, 0.2) is 54.6 Å². The quantitative estimate of drug-likeness (QED) is 0.726. The second kappa shape index (κ2) is 9.48. The van der Waals surface area contributed by atoms with E-state index >= 15 is 0 Å². The van der Waals surface area contributed by atoms with Gasteiger partial charge in [-0.2, -0.15) is 0 Å². The van der Waals surface area contributed by atoms with Crippen LogP contribution in [0.25, 0.3) is 0 Å². The van der Waals surface area contributed by atoms with Crippen molar-refractivity contribution in [1.82, 2.24) is 10.2 Å². The summed E-state index contributed by atoms with van der Waals surface area (Å²) in [5.41, 5.74) is 2.08. The summed E-state index contributed by atoms with van der Waals surface area (Å²) in [7, 11) is 2.21. The first-order chi connectivity index (χ1) is 13.1. The Labute approximate surface area is 165 Å². The van der Waals surface area contributed by atoms with Crippen LogP contribution in [0, 0.1) is 0 Å². The smallest absolute Gasteiger partial charge is 0.258 e. The molecule has 1 saturated heterocycles. The Kier molecular flexibility index (Phi) is 6.79. The molecule has 1 aliphatic rings. The third-order valence-corrected chi connectivity index (χ3v) is 5.20. The van der Waals surface area contributed by atoms with Crippen LogP contribution in [0.5, 0.6) is 5.75 Å². The second-order valence-corrected chi connectivity index (χ2v) is 7.21. The van der Waals surface area contributed by atoms with Crippen LogP contribution in [-0.2, 0) is 11.3 Å². The minimum Gasteiger partial charge on any atom is -0.484 e. The number of likely N-dealkylation sites (N-methyl/N-ethyl adjacent to an activating group) is 1. The summed E-state index contributed by atoms with van der Waals surface area (Å²) in [5, 5.41) is 2.85. The maximum Gasteiger partial charge on any atom is 0.258 e. The fourth-order valence-corrected chi connectivity index (χ4v) is 3.28. The molecule has 0 saturated carbocycles. The number of hydrogen-bond acceptors (Lipinski definition) is 3. The number of carbonyl (C=O) groups excluding carboxylic acids is 1. The van der Waals surface area contributed by atoms with E-state index in [0.29, 0.717) is 12.3 Å². The molecule has 1 aliphatic heterocycles. The molecule has 1 fully saturated rings. The number of amides is 1. The van der Waals surface area contributed by atoms with Crippen LogP contribution in [0.3, 0.4) is 0 Å². The van der Waals surface area contributed by atoms with Gasteiger partial charge in [0, 0.05) is 12.1 Å². The molecule has 5 nitrogen and oxygen atoms in total. The summed E-state index contributed by atoms with van der Waals surface area (Å²) in [5.74, 6) is 0.526. The summed E-state index contributed by atoms with van der Waals surface area (Å²) in [6.45, 7) is 4.70. The van der Waals surface area contributed by atoms with E-state index in [4.69, 9.17) is 17.0 Å². The minimum absolute atomic E-state index is 0.00212. The number of carbonyl (C=O) groups is 1. The van der Waals surface area contributed by atoms with E-state index in [2.05, 4.69) is 17.3 Å². The standard InChI is InChI=1S/C21H25N3O2S/c1-23-11-13-24(14-12-23)21(27)18-7-9-19(10-8-18)26-16-20(25)22-15-17-5-3-2-4-6-17/h2-10H,11-16H2,1H3,(H,22,25)/p+1. The van der Waals surface area contributed by atoms with Crippen molar-refractivity contribution in [2.75, 3.05) is 39.8 Å². The summed E-state index contributed by atoms with van der Waals surface area (Å²) in [6, 6.07) is 17.5. The predicted octanol–water partition coefficient (Wildman–Crippen LogP) is 0.888. The van der Waals surface area contributed by atoms with Gasteiger partial charge in [-0.05, 0) is 29.8 Å². The molecule has 27 heavy (non-hydrogen) atoms. The zero-order valence-corrected chi connectivity index (χ0v) is 16.4. The molecule has 142 valence electrons. The Hall–Kier alpha value is -2.44. The van der Waals surface area contributed by atoms with Crippen molar-refractivity contribution in [1.29, 1.82) is 0 Å². The number of thiocarbonyl (C=S) groups is 1. The van der Waals surface area contributed by atoms with Crippen molar-refractivity contribution in [3.63, 3.8) is 0 Å². The Bertz CT molecular complexity index is 757. The number of hydrogen-bond donors (Lipinski definition) is 2. The number of piperazine rings is 1. The highest BCUT2D eigenvalue weighted by molar-refractivity contribution is 7.80. The summed E-state index contributed by atoms with van der Waals surface area (Å²) in [4.78, 5) is 16.6. The van der Waals surface area contributed by atoms with E-state index < -0.39 is 0 Å². The lowest BCUT2D eigenvalue weighted by Gasteiger charge is -2.32. The first-order valence-electron chi connectivity index (χ1n) is 9.26. The molecule has 6 heteroatoms. The van der Waals surface area contributed by atoms with Crippen molar-refractivity contribution in [2.24, 2.45) is 0 Å². The van der Waals surface area contributed by atoms with Gasteiger partial charge in [-0.3, -0.25) is 4.79 Å². The Morgan fingerprint density at radius 1 is 1.11 bits per heavy atom. The number of benzene rings is 2. The molecule has 0 radical (unpaired) electrons. The largest absolute Gasteiger partial charge is 0.484 e. The first kappa shape index (κ1) is 19.3. The molecule has 0 unspecified atom stereocenters. The molecule has 2 aromatic rings. The summed E-state index contributed by atoms with van der Waals surface area (Å²) < 4.78 is 5.58. The van der Waals surface area contributed by atoms with Crippen molar-refractivity contribution >= 4 is 23.1 Å². The Balaban J connectivity index is 1.44. The number of quaternary nitrogens is 1. The van der Waals surface area contributed by atoms with Gasteiger partial charge in [-0.1, -0.05) is 42.5 Å². The second-order valence-electron chi connectivity index (χ2n) is 6.82. The van der Waals surface area contributed by atoms with Gasteiger partial charge < -0.3 is 19.9 Å². The van der Waals surface area contributed by atoms with Gasteiger partial charge in [-0.25, -0.2) is 0 Å². The van der Waals surface area contributed by atoms with E-state index in [1.165, 1.54) is 0 Å². The van der Waals surface area contributed by atoms with Gasteiger partial charge in [0.15, 0.2) is 6.61 Å². The number of ether oxygens (including phenoxy) is 1. The van der Waals surface area contributed by atoms with Crippen LogP contribution >= 0.6 is 12.2 Å². The fraction of sp³-hybridized carbons (Fsp3) is 0.333. The zero-order chi connectivity index (χ0) is 19.1. The third kappa shape index (κ3) is 5.77. The highest BCUT2D eigenvalue weighted by Gasteiger charge is 2.19. The van der Waals surface area contributed by atoms with E-state index in [9.17, 15) is 4.79 Å². The Morgan fingerprint density at radius 2 is 1.78 bits per heavy atom. The van der Waals surface area contributed by atoms with E-state index in [1.54, 1.807) is 4.90 Å². The monoisotopic (exact) mass is 384 g/mol. The molecular formula is C21H26N3O2S+. The molecule has 3 rings (SSSR count). The van der Waals surface area contributed by atoms with Crippen LogP contribution in [0.1, 0.15) is 11.1 Å². The molecular weight excluding hydrogens is 358 g/mol. The number of nitrogens with one attached hydrogen (secondary N) is 2. The number of nitrogens with zero attached hydrogens (tertiary/aromatic N) is 1. The average molecular weight is 385 g/mol. The fourth-order valence-electron chi connectivity index (χ4n) is 2.96. The molecule has 0 atom stereocenters. The lowest BCUT2D eigenvalue weighted by Crippen LogP contribution is -3.12. The van der Waals surface area contributed by atoms with Crippen LogP contribution in [0.2, 0.25) is 0 Å². The van der Waals surface area contributed by atoms with Crippen molar-refractivity contribution in [3.8, 4) is 5.75 Å². The molecule has 1 heterocycles. The summed E-state index contributed by atoms with van der Waals surface area (Å²) >= 11 is 5.62. The molecule has 1 amide bonds. The molecule has 0 spiro atoms. The zero-order valence-electron chi connectivity index (χ0n) is 15.6. The van der Waals surface area contributed by atoms with Gasteiger partial charge in [-0.15, -0.1) is 0 Å². The lowest BCUT2D eigenvalue weighted by molar-refractivity contribution is -0.883. The first-order valence-corrected chi connectivity index (χ1v) is 9.67. The highest BCUT2D eigenvalue weighted by atomic mass is 32.1. The van der Waals surface area contributed by atoms with E-state index in [0.717, 1.165) is 42.3 Å². The average Bonchev–Trinajstić information content (AvgIpc) is 2.72. The summed E-state index contributed by atoms with van der Waals surface area (Å²) in [6.07, 6.45) is 0. The normalized spacial score (nSPS) is 14.6. The number of rotatable bonds is 6. The Morgan fingerprint density at radius 3 is 2.44 bits per heavy atom. The maximum absolute atomic E-state index is 11.9. The minimum atomic E-state index is -0.140. The highest BCUT2D eigenvalue weighted by Crippen LogP contribution is 2.14. The molecule has 0 bridgehead atoms. The van der Waals surface area contributed by atoms with Crippen LogP contribution in [0.4, 0.5) is 0 Å². The molecule has 0 aromatic heterocycles. The third-order valence-electron chi connectivity index (χ3n) is 4.71. The van der Waals surface area contributed by atoms with Crippen molar-refractivity contribution in [2.45, 2.75) is 6.54 Å². The van der Waals surface area contributed by atoms with Gasteiger partial charge in [0.2, 0.25) is 0 Å². The lowest BCUT2D eigenvalue weighted by atomic mass is 10.2.